The lowest BCUT2D eigenvalue weighted by Crippen LogP contribution is -2.30. The number of guanidine groups is 1. The van der Waals surface area contributed by atoms with Crippen molar-refractivity contribution < 1.29 is 4.74 Å². The SMILES string of the molecule is CCCOc1ccc(CNC(N)=NC)c(C)c1.I. The number of nitrogens with two attached hydrogens (primary N) is 1. The Morgan fingerprint density at radius 1 is 1.44 bits per heavy atom. The smallest absolute Gasteiger partial charge is 0.188 e. The summed E-state index contributed by atoms with van der Waals surface area (Å²) >= 11 is 0. The van der Waals surface area contributed by atoms with E-state index in [1.807, 2.05) is 12.1 Å². The van der Waals surface area contributed by atoms with Crippen molar-refractivity contribution in [3.63, 3.8) is 0 Å². The van der Waals surface area contributed by atoms with Crippen molar-refractivity contribution in [1.29, 1.82) is 0 Å². The Labute approximate surface area is 126 Å². The number of hydrogen-bond donors (Lipinski definition) is 2. The van der Waals surface area contributed by atoms with Crippen molar-refractivity contribution in [2.24, 2.45) is 10.7 Å². The molecule has 1 aromatic rings. The van der Waals surface area contributed by atoms with Crippen LogP contribution in [-0.2, 0) is 6.54 Å². The second kappa shape index (κ2) is 9.02. The van der Waals surface area contributed by atoms with E-state index in [2.05, 4.69) is 30.2 Å². The Balaban J connectivity index is 0.00000289. The average molecular weight is 363 g/mol. The molecule has 0 amide bonds. The van der Waals surface area contributed by atoms with E-state index in [1.165, 1.54) is 11.1 Å². The molecule has 3 N–H and O–H groups in total. The number of nitrogens with one attached hydrogen (secondary N) is 1. The molecule has 102 valence electrons. The van der Waals surface area contributed by atoms with Crippen LogP contribution in [0.4, 0.5) is 0 Å². The summed E-state index contributed by atoms with van der Waals surface area (Å²) in [6.45, 7) is 5.60. The Morgan fingerprint density at radius 3 is 2.72 bits per heavy atom. The monoisotopic (exact) mass is 363 g/mol. The summed E-state index contributed by atoms with van der Waals surface area (Å²) < 4.78 is 5.57. The molecule has 1 aromatic carbocycles. The van der Waals surface area contributed by atoms with E-state index in [4.69, 9.17) is 10.5 Å². The molecule has 0 heterocycles. The molecule has 0 aromatic heterocycles. The summed E-state index contributed by atoms with van der Waals surface area (Å²) in [4.78, 5) is 3.85. The van der Waals surface area contributed by atoms with Gasteiger partial charge in [0, 0.05) is 13.6 Å². The number of benzene rings is 1. The Bertz CT molecular complexity index is 394. The summed E-state index contributed by atoms with van der Waals surface area (Å²) in [5.41, 5.74) is 7.97. The van der Waals surface area contributed by atoms with Crippen LogP contribution in [0.25, 0.3) is 0 Å². The van der Waals surface area contributed by atoms with Crippen LogP contribution in [-0.4, -0.2) is 19.6 Å². The van der Waals surface area contributed by atoms with Gasteiger partial charge in [0.2, 0.25) is 0 Å². The van der Waals surface area contributed by atoms with Crippen molar-refractivity contribution in [2.75, 3.05) is 13.7 Å². The molecule has 1 rings (SSSR count). The Hall–Kier alpha value is -0.980. The number of hydrogen-bond acceptors (Lipinski definition) is 2. The van der Waals surface area contributed by atoms with E-state index in [-0.39, 0.29) is 24.0 Å². The van der Waals surface area contributed by atoms with Gasteiger partial charge < -0.3 is 15.8 Å². The number of aliphatic imine (C=N–C) groups is 1. The van der Waals surface area contributed by atoms with Gasteiger partial charge in [0.15, 0.2) is 5.96 Å². The molecule has 4 nitrogen and oxygen atoms in total. The van der Waals surface area contributed by atoms with Gasteiger partial charge in [-0.1, -0.05) is 13.0 Å². The van der Waals surface area contributed by atoms with Gasteiger partial charge in [0.25, 0.3) is 0 Å². The third-order valence-electron chi connectivity index (χ3n) is 2.49. The molecule has 0 aliphatic carbocycles. The van der Waals surface area contributed by atoms with Gasteiger partial charge >= 0.3 is 0 Å². The first-order valence-corrected chi connectivity index (χ1v) is 5.85. The lowest BCUT2D eigenvalue weighted by molar-refractivity contribution is 0.317. The highest BCUT2D eigenvalue weighted by atomic mass is 127. The molecular weight excluding hydrogens is 341 g/mol. The van der Waals surface area contributed by atoms with Gasteiger partial charge in [0.1, 0.15) is 5.75 Å². The Kier molecular flexibility index (Phi) is 8.53. The van der Waals surface area contributed by atoms with Crippen LogP contribution in [0.2, 0.25) is 0 Å². The van der Waals surface area contributed by atoms with Crippen LogP contribution >= 0.6 is 24.0 Å². The van der Waals surface area contributed by atoms with Crippen LogP contribution in [0.1, 0.15) is 24.5 Å². The second-order valence-corrected chi connectivity index (χ2v) is 3.90. The fourth-order valence-corrected chi connectivity index (χ4v) is 1.44. The fourth-order valence-electron chi connectivity index (χ4n) is 1.44. The van der Waals surface area contributed by atoms with Crippen molar-refractivity contribution in [3.8, 4) is 5.75 Å². The van der Waals surface area contributed by atoms with Crippen molar-refractivity contribution >= 4 is 29.9 Å². The molecule has 0 spiro atoms. The maximum Gasteiger partial charge on any atom is 0.188 e. The first kappa shape index (κ1) is 17.0. The maximum atomic E-state index is 5.58. The largest absolute Gasteiger partial charge is 0.494 e. The predicted molar refractivity (Wildman–Crippen MR) is 86.8 cm³/mol. The molecular formula is C13H22IN3O. The van der Waals surface area contributed by atoms with Gasteiger partial charge in [-0.25, -0.2) is 0 Å². The van der Waals surface area contributed by atoms with E-state index in [0.717, 1.165) is 18.8 Å². The summed E-state index contributed by atoms with van der Waals surface area (Å²) in [5.74, 6) is 1.38. The van der Waals surface area contributed by atoms with E-state index < -0.39 is 0 Å². The second-order valence-electron chi connectivity index (χ2n) is 3.90. The molecule has 0 saturated heterocycles. The summed E-state index contributed by atoms with van der Waals surface area (Å²) in [6.07, 6.45) is 1.02. The van der Waals surface area contributed by atoms with Gasteiger partial charge in [-0.05, 0) is 36.6 Å². The zero-order chi connectivity index (χ0) is 12.7. The highest BCUT2D eigenvalue weighted by Gasteiger charge is 2.01. The van der Waals surface area contributed by atoms with Crippen LogP contribution in [0, 0.1) is 6.92 Å². The zero-order valence-electron chi connectivity index (χ0n) is 11.2. The number of aryl methyl sites for hydroxylation is 1. The number of ether oxygens (including phenoxy) is 1. The van der Waals surface area contributed by atoms with Crippen molar-refractivity contribution in [1.82, 2.24) is 5.32 Å². The molecule has 0 aliphatic heterocycles. The lowest BCUT2D eigenvalue weighted by Gasteiger charge is -2.10. The van der Waals surface area contributed by atoms with Crippen LogP contribution < -0.4 is 15.8 Å². The summed E-state index contributed by atoms with van der Waals surface area (Å²) in [5, 5.41) is 3.04. The third-order valence-corrected chi connectivity index (χ3v) is 2.49. The summed E-state index contributed by atoms with van der Waals surface area (Å²) in [6, 6.07) is 6.08. The topological polar surface area (TPSA) is 59.6 Å². The number of nitrogens with zero attached hydrogens (tertiary/aromatic N) is 1. The molecule has 0 aliphatic rings. The molecule has 0 radical (unpaired) electrons. The molecule has 0 unspecified atom stereocenters. The first-order chi connectivity index (χ1) is 8.17. The van der Waals surface area contributed by atoms with Crippen LogP contribution in [0.15, 0.2) is 23.2 Å². The minimum Gasteiger partial charge on any atom is -0.494 e. The lowest BCUT2D eigenvalue weighted by atomic mass is 10.1. The normalized spacial score (nSPS) is 10.7. The number of halogens is 1. The fraction of sp³-hybridized carbons (Fsp3) is 0.462. The van der Waals surface area contributed by atoms with Gasteiger partial charge in [-0.3, -0.25) is 4.99 Å². The standard InChI is InChI=1S/C13H21N3O.HI/c1-4-7-17-12-6-5-11(10(2)8-12)9-16-13(14)15-3;/h5-6,8H,4,7,9H2,1-3H3,(H3,14,15,16);1H. The minimum absolute atomic E-state index is 0. The average Bonchev–Trinajstić information content (AvgIpc) is 2.34. The molecule has 5 heteroatoms. The molecule has 0 saturated carbocycles. The molecule has 0 atom stereocenters. The van der Waals surface area contributed by atoms with Gasteiger partial charge in [-0.15, -0.1) is 24.0 Å². The highest BCUT2D eigenvalue weighted by molar-refractivity contribution is 14.0. The van der Waals surface area contributed by atoms with Crippen LogP contribution in [0.5, 0.6) is 5.75 Å². The zero-order valence-corrected chi connectivity index (χ0v) is 13.5. The third kappa shape index (κ3) is 5.57. The van der Waals surface area contributed by atoms with E-state index in [1.54, 1.807) is 7.05 Å². The van der Waals surface area contributed by atoms with E-state index in [9.17, 15) is 0 Å². The summed E-state index contributed by atoms with van der Waals surface area (Å²) in [7, 11) is 1.66. The molecule has 18 heavy (non-hydrogen) atoms. The van der Waals surface area contributed by atoms with Crippen LogP contribution in [0.3, 0.4) is 0 Å². The first-order valence-electron chi connectivity index (χ1n) is 5.85. The van der Waals surface area contributed by atoms with Gasteiger partial charge in [-0.2, -0.15) is 0 Å². The molecule has 0 fully saturated rings. The number of rotatable bonds is 5. The Morgan fingerprint density at radius 2 is 2.17 bits per heavy atom. The van der Waals surface area contributed by atoms with E-state index in [0.29, 0.717) is 12.5 Å². The van der Waals surface area contributed by atoms with Crippen molar-refractivity contribution in [3.05, 3.63) is 29.3 Å². The predicted octanol–water partition coefficient (Wildman–Crippen LogP) is 2.44. The van der Waals surface area contributed by atoms with Crippen molar-refractivity contribution in [2.45, 2.75) is 26.8 Å². The maximum absolute atomic E-state index is 5.58. The van der Waals surface area contributed by atoms with E-state index >= 15 is 0 Å². The minimum atomic E-state index is 0. The molecule has 0 bridgehead atoms. The highest BCUT2D eigenvalue weighted by Crippen LogP contribution is 2.17. The quantitative estimate of drug-likeness (QED) is 0.480. The van der Waals surface area contributed by atoms with Gasteiger partial charge in [0.05, 0.1) is 6.61 Å².